The molecule has 2 N–H and O–H groups in total. The molecule has 6 nitrogen and oxygen atoms in total. The first-order chi connectivity index (χ1) is 10.0. The van der Waals surface area contributed by atoms with E-state index in [2.05, 4.69) is 22.1 Å². The van der Waals surface area contributed by atoms with Gasteiger partial charge >= 0.3 is 0 Å². The Morgan fingerprint density at radius 2 is 2.14 bits per heavy atom. The molecule has 1 saturated carbocycles. The van der Waals surface area contributed by atoms with Gasteiger partial charge in [0.2, 0.25) is 10.0 Å². The Morgan fingerprint density at radius 1 is 1.38 bits per heavy atom. The summed E-state index contributed by atoms with van der Waals surface area (Å²) in [5, 5.41) is 7.30. The van der Waals surface area contributed by atoms with Crippen LogP contribution in [0, 0.1) is 5.41 Å². The van der Waals surface area contributed by atoms with E-state index in [1.165, 1.54) is 12.6 Å². The van der Waals surface area contributed by atoms with Crippen LogP contribution in [0.2, 0.25) is 0 Å². The van der Waals surface area contributed by atoms with Gasteiger partial charge < -0.3 is 5.32 Å². The molecule has 0 atom stereocenters. The second kappa shape index (κ2) is 6.89. The van der Waals surface area contributed by atoms with Crippen LogP contribution < -0.4 is 10.0 Å². The molecule has 0 saturated heterocycles. The van der Waals surface area contributed by atoms with Crippen molar-refractivity contribution in [1.29, 1.82) is 0 Å². The van der Waals surface area contributed by atoms with E-state index in [1.54, 1.807) is 10.9 Å². The van der Waals surface area contributed by atoms with E-state index >= 15 is 0 Å². The summed E-state index contributed by atoms with van der Waals surface area (Å²) < 4.78 is 29.0. The lowest BCUT2D eigenvalue weighted by molar-refractivity contribution is 0.133. The van der Waals surface area contributed by atoms with Gasteiger partial charge in [-0.3, -0.25) is 4.68 Å². The Morgan fingerprint density at radius 3 is 2.71 bits per heavy atom. The fourth-order valence-corrected chi connectivity index (χ4v) is 3.75. The van der Waals surface area contributed by atoms with Crippen molar-refractivity contribution < 1.29 is 8.42 Å². The molecule has 1 aromatic rings. The summed E-state index contributed by atoms with van der Waals surface area (Å²) in [7, 11) is -3.44. The summed E-state index contributed by atoms with van der Waals surface area (Å²) in [6.45, 7) is 7.05. The van der Waals surface area contributed by atoms with Gasteiger partial charge in [-0.15, -0.1) is 0 Å². The van der Waals surface area contributed by atoms with E-state index in [0.717, 1.165) is 32.4 Å². The third kappa shape index (κ3) is 4.05. The number of nitrogens with one attached hydrogen (secondary N) is 2. The summed E-state index contributed by atoms with van der Waals surface area (Å²) in [6.07, 6.45) is 7.49. The highest BCUT2D eigenvalue weighted by Crippen LogP contribution is 2.43. The lowest BCUT2D eigenvalue weighted by atomic mass is 9.67. The molecule has 0 aliphatic heterocycles. The largest absolute Gasteiger partial charge is 0.315 e. The van der Waals surface area contributed by atoms with Crippen molar-refractivity contribution in [3.8, 4) is 0 Å². The molecule has 120 valence electrons. The van der Waals surface area contributed by atoms with Gasteiger partial charge in [0.15, 0.2) is 0 Å². The zero-order chi connectivity index (χ0) is 15.3. The minimum atomic E-state index is -3.44. The average Bonchev–Trinajstić information content (AvgIpc) is 2.88. The molecule has 1 aliphatic carbocycles. The number of sulfonamides is 1. The molecule has 0 spiro atoms. The first kappa shape index (κ1) is 16.5. The summed E-state index contributed by atoms with van der Waals surface area (Å²) in [5.41, 5.74) is 0.175. The van der Waals surface area contributed by atoms with Gasteiger partial charge in [-0.1, -0.05) is 20.3 Å². The highest BCUT2D eigenvalue weighted by Gasteiger charge is 2.36. The molecular formula is C14H26N4O2S. The number of hydrogen-bond donors (Lipinski definition) is 2. The monoisotopic (exact) mass is 314 g/mol. The van der Waals surface area contributed by atoms with Gasteiger partial charge in [-0.25, -0.2) is 13.1 Å². The molecule has 1 aliphatic rings. The van der Waals surface area contributed by atoms with E-state index in [-0.39, 0.29) is 10.3 Å². The van der Waals surface area contributed by atoms with Gasteiger partial charge in [0, 0.05) is 19.3 Å². The highest BCUT2D eigenvalue weighted by molar-refractivity contribution is 7.89. The summed E-state index contributed by atoms with van der Waals surface area (Å²) in [6, 6.07) is 0. The molecule has 0 unspecified atom stereocenters. The smallest absolute Gasteiger partial charge is 0.243 e. The third-order valence-electron chi connectivity index (χ3n) is 4.49. The normalized spacial score (nSPS) is 17.6. The van der Waals surface area contributed by atoms with E-state index in [0.29, 0.717) is 13.1 Å². The number of rotatable bonds is 9. The predicted molar refractivity (Wildman–Crippen MR) is 82.5 cm³/mol. The van der Waals surface area contributed by atoms with Crippen LogP contribution in [0.1, 0.15) is 39.5 Å². The zero-order valence-electron chi connectivity index (χ0n) is 12.9. The van der Waals surface area contributed by atoms with Gasteiger partial charge in [-0.2, -0.15) is 5.10 Å². The fourth-order valence-electron chi connectivity index (χ4n) is 2.64. The number of hydrogen-bond acceptors (Lipinski definition) is 4. The number of nitrogens with zero attached hydrogens (tertiary/aromatic N) is 2. The van der Waals surface area contributed by atoms with E-state index in [9.17, 15) is 8.42 Å². The van der Waals surface area contributed by atoms with E-state index in [1.807, 2.05) is 6.92 Å². The standard InChI is InChI=1S/C14H26N4O2S/c1-3-14(6-5-7-14)12-17-21(19,20)13-10-16-18(11-13)9-8-15-4-2/h10-11,15,17H,3-9,12H2,1-2H3. The second-order valence-corrected chi connectivity index (χ2v) is 7.59. The van der Waals surface area contributed by atoms with Crippen molar-refractivity contribution in [3.63, 3.8) is 0 Å². The number of likely N-dealkylation sites (N-methyl/N-ethyl adjacent to an activating group) is 1. The van der Waals surface area contributed by atoms with Gasteiger partial charge in [0.1, 0.15) is 4.90 Å². The van der Waals surface area contributed by atoms with Crippen molar-refractivity contribution in [2.24, 2.45) is 5.41 Å². The molecule has 0 radical (unpaired) electrons. The van der Waals surface area contributed by atoms with E-state index in [4.69, 9.17) is 0 Å². The topological polar surface area (TPSA) is 76.0 Å². The Hall–Kier alpha value is -0.920. The summed E-state index contributed by atoms with van der Waals surface area (Å²) >= 11 is 0. The van der Waals surface area contributed by atoms with Gasteiger partial charge in [0.25, 0.3) is 0 Å². The van der Waals surface area contributed by atoms with Crippen molar-refractivity contribution in [1.82, 2.24) is 19.8 Å². The quantitative estimate of drug-likeness (QED) is 0.675. The van der Waals surface area contributed by atoms with Crippen LogP contribution in [-0.4, -0.2) is 37.8 Å². The molecule has 21 heavy (non-hydrogen) atoms. The average molecular weight is 314 g/mol. The second-order valence-electron chi connectivity index (χ2n) is 5.82. The first-order valence-corrected chi connectivity index (χ1v) is 9.22. The molecule has 1 aromatic heterocycles. The maximum absolute atomic E-state index is 12.3. The zero-order valence-corrected chi connectivity index (χ0v) is 13.7. The lowest BCUT2D eigenvalue weighted by Crippen LogP contribution is -2.41. The Balaban J connectivity index is 1.93. The van der Waals surface area contributed by atoms with Crippen LogP contribution in [0.3, 0.4) is 0 Å². The molecule has 0 aromatic carbocycles. The molecule has 2 rings (SSSR count). The SMILES string of the molecule is CCNCCn1cc(S(=O)(=O)NCC2(CC)CCC2)cn1. The molecule has 1 heterocycles. The minimum absolute atomic E-state index is 0.175. The van der Waals surface area contributed by atoms with E-state index < -0.39 is 10.0 Å². The van der Waals surface area contributed by atoms with Crippen LogP contribution in [0.15, 0.2) is 17.3 Å². The Labute approximate surface area is 127 Å². The minimum Gasteiger partial charge on any atom is -0.315 e. The molecule has 1 fully saturated rings. The number of aromatic nitrogens is 2. The third-order valence-corrected chi connectivity index (χ3v) is 5.84. The van der Waals surface area contributed by atoms with Crippen LogP contribution >= 0.6 is 0 Å². The van der Waals surface area contributed by atoms with Crippen LogP contribution in [0.5, 0.6) is 0 Å². The fraction of sp³-hybridized carbons (Fsp3) is 0.786. The maximum atomic E-state index is 12.3. The molecule has 7 heteroatoms. The van der Waals surface area contributed by atoms with Crippen LogP contribution in [0.4, 0.5) is 0 Å². The van der Waals surface area contributed by atoms with Gasteiger partial charge in [0.05, 0.1) is 12.7 Å². The van der Waals surface area contributed by atoms with Gasteiger partial charge in [-0.05, 0) is 31.2 Å². The lowest BCUT2D eigenvalue weighted by Gasteiger charge is -2.41. The summed E-state index contributed by atoms with van der Waals surface area (Å²) in [5.74, 6) is 0. The molecular weight excluding hydrogens is 288 g/mol. The first-order valence-electron chi connectivity index (χ1n) is 7.74. The van der Waals surface area contributed by atoms with Crippen molar-refractivity contribution in [3.05, 3.63) is 12.4 Å². The highest BCUT2D eigenvalue weighted by atomic mass is 32.2. The Kier molecular flexibility index (Phi) is 5.40. The predicted octanol–water partition coefficient (Wildman–Crippen LogP) is 1.35. The van der Waals surface area contributed by atoms with Crippen molar-refractivity contribution in [2.75, 3.05) is 19.6 Å². The molecule has 0 bridgehead atoms. The maximum Gasteiger partial charge on any atom is 0.243 e. The van der Waals surface area contributed by atoms with Crippen molar-refractivity contribution in [2.45, 2.75) is 51.0 Å². The van der Waals surface area contributed by atoms with Crippen LogP contribution in [-0.2, 0) is 16.6 Å². The van der Waals surface area contributed by atoms with Crippen molar-refractivity contribution >= 4 is 10.0 Å². The summed E-state index contributed by atoms with van der Waals surface area (Å²) in [4.78, 5) is 0.254. The Bertz CT molecular complexity index is 544. The molecule has 0 amide bonds. The van der Waals surface area contributed by atoms with Crippen LogP contribution in [0.25, 0.3) is 0 Å².